The molecule has 0 spiro atoms. The largest absolute Gasteiger partial charge is 0.0952 e. The fourth-order valence-electron chi connectivity index (χ4n) is 6.00. The molecule has 196 valence electrons. The first-order chi connectivity index (χ1) is 18.5. The van der Waals surface area contributed by atoms with Crippen molar-refractivity contribution >= 4 is 28.9 Å². The SMILES string of the molecule is C=C(CCCCC)c1ccc2c(c1)CC(c1ccc(C3=Cc4ccc(CCCCC(C)C)cc4C3)cc1)=C2. The summed E-state index contributed by atoms with van der Waals surface area (Å²) in [6, 6.07) is 23.3. The number of aryl methyl sites for hydroxylation is 1. The van der Waals surface area contributed by atoms with Gasteiger partial charge in [-0.1, -0.05) is 126 Å². The Balaban J connectivity index is 1.19. The molecule has 0 saturated heterocycles. The predicted octanol–water partition coefficient (Wildman–Crippen LogP) is 10.8. The minimum atomic E-state index is 0.812. The molecule has 0 aromatic heterocycles. The van der Waals surface area contributed by atoms with Crippen molar-refractivity contribution in [2.24, 2.45) is 5.92 Å². The predicted molar refractivity (Wildman–Crippen MR) is 168 cm³/mol. The van der Waals surface area contributed by atoms with Crippen LogP contribution in [0.15, 0.2) is 67.2 Å². The Kier molecular flexibility index (Phi) is 8.48. The summed E-state index contributed by atoms with van der Waals surface area (Å²) in [5.74, 6) is 0.812. The molecule has 5 rings (SSSR count). The first kappa shape index (κ1) is 26.5. The molecule has 3 aromatic rings. The summed E-state index contributed by atoms with van der Waals surface area (Å²) >= 11 is 0. The Labute approximate surface area is 231 Å². The molecule has 0 aliphatic heterocycles. The van der Waals surface area contributed by atoms with Crippen LogP contribution in [0.5, 0.6) is 0 Å². The fourth-order valence-corrected chi connectivity index (χ4v) is 6.00. The van der Waals surface area contributed by atoms with Crippen LogP contribution in [0.4, 0.5) is 0 Å². The highest BCUT2D eigenvalue weighted by Crippen LogP contribution is 2.36. The molecule has 0 radical (unpaired) electrons. The van der Waals surface area contributed by atoms with Gasteiger partial charge in [0.15, 0.2) is 0 Å². The quantitative estimate of drug-likeness (QED) is 0.217. The first-order valence-corrected chi connectivity index (χ1v) is 14.9. The fraction of sp³-hybridized carbons (Fsp3) is 0.368. The van der Waals surface area contributed by atoms with Gasteiger partial charge >= 0.3 is 0 Å². The minimum absolute atomic E-state index is 0.812. The molecule has 0 saturated carbocycles. The van der Waals surface area contributed by atoms with Crippen LogP contribution < -0.4 is 0 Å². The lowest BCUT2D eigenvalue weighted by molar-refractivity contribution is 0.538. The van der Waals surface area contributed by atoms with Crippen molar-refractivity contribution in [2.45, 2.75) is 85.0 Å². The molecule has 0 fully saturated rings. The molecular weight excluding hydrogens is 456 g/mol. The number of benzene rings is 3. The maximum absolute atomic E-state index is 4.37. The van der Waals surface area contributed by atoms with Crippen LogP contribution >= 0.6 is 0 Å². The number of hydrogen-bond donors (Lipinski definition) is 0. The number of hydrogen-bond acceptors (Lipinski definition) is 0. The molecule has 3 aromatic carbocycles. The summed E-state index contributed by atoms with van der Waals surface area (Å²) in [4.78, 5) is 0. The summed E-state index contributed by atoms with van der Waals surface area (Å²) in [5, 5.41) is 0. The standard InChI is InChI=1S/C38H44/c1-5-6-7-11-28(4)32-19-20-34-24-37(26-38(34)22-32)31-17-15-30(16-18-31)36-23-33-14-13-29(21-35(33)25-36)12-9-8-10-27(2)3/h13-24,27H,4-12,25-26H2,1-3H3. The van der Waals surface area contributed by atoms with Gasteiger partial charge in [0.05, 0.1) is 0 Å². The Bertz CT molecular complexity index is 1340. The van der Waals surface area contributed by atoms with Crippen LogP contribution in [0.25, 0.3) is 28.9 Å². The molecule has 2 aliphatic carbocycles. The average Bonchev–Trinajstić information content (AvgIpc) is 3.55. The Morgan fingerprint density at radius 2 is 1.37 bits per heavy atom. The lowest BCUT2D eigenvalue weighted by Gasteiger charge is -2.09. The maximum atomic E-state index is 4.37. The van der Waals surface area contributed by atoms with Gasteiger partial charge in [-0.3, -0.25) is 0 Å². The first-order valence-electron chi connectivity index (χ1n) is 14.9. The highest BCUT2D eigenvalue weighted by molar-refractivity contribution is 5.91. The van der Waals surface area contributed by atoms with Gasteiger partial charge in [0.2, 0.25) is 0 Å². The van der Waals surface area contributed by atoms with Crippen LogP contribution in [0, 0.1) is 5.92 Å². The van der Waals surface area contributed by atoms with Gasteiger partial charge in [-0.25, -0.2) is 0 Å². The lowest BCUT2D eigenvalue weighted by atomic mass is 9.96. The van der Waals surface area contributed by atoms with Crippen molar-refractivity contribution in [3.63, 3.8) is 0 Å². The topological polar surface area (TPSA) is 0 Å². The van der Waals surface area contributed by atoms with Crippen molar-refractivity contribution in [3.8, 4) is 0 Å². The molecule has 0 heteroatoms. The van der Waals surface area contributed by atoms with Gasteiger partial charge in [0.1, 0.15) is 0 Å². The van der Waals surface area contributed by atoms with Crippen molar-refractivity contribution in [1.29, 1.82) is 0 Å². The molecule has 38 heavy (non-hydrogen) atoms. The summed E-state index contributed by atoms with van der Waals surface area (Å²) in [6.07, 6.45) is 16.9. The summed E-state index contributed by atoms with van der Waals surface area (Å²) < 4.78 is 0. The van der Waals surface area contributed by atoms with Gasteiger partial charge in [-0.05, 0) is 106 Å². The summed E-state index contributed by atoms with van der Waals surface area (Å²) in [7, 11) is 0. The summed E-state index contributed by atoms with van der Waals surface area (Å²) in [6.45, 7) is 11.3. The van der Waals surface area contributed by atoms with Gasteiger partial charge in [0, 0.05) is 0 Å². The zero-order chi connectivity index (χ0) is 26.5. The Morgan fingerprint density at radius 3 is 2.00 bits per heavy atom. The van der Waals surface area contributed by atoms with Gasteiger partial charge in [-0.2, -0.15) is 0 Å². The van der Waals surface area contributed by atoms with Crippen LogP contribution in [-0.4, -0.2) is 0 Å². The van der Waals surface area contributed by atoms with E-state index in [1.54, 1.807) is 0 Å². The van der Waals surface area contributed by atoms with E-state index in [1.807, 2.05) is 0 Å². The van der Waals surface area contributed by atoms with Crippen molar-refractivity contribution in [1.82, 2.24) is 0 Å². The van der Waals surface area contributed by atoms with Crippen molar-refractivity contribution in [3.05, 3.63) is 112 Å². The maximum Gasteiger partial charge on any atom is -0.00135 e. The zero-order valence-electron chi connectivity index (χ0n) is 23.8. The van der Waals surface area contributed by atoms with Crippen molar-refractivity contribution in [2.75, 3.05) is 0 Å². The van der Waals surface area contributed by atoms with Gasteiger partial charge in [0.25, 0.3) is 0 Å². The second-order valence-corrected chi connectivity index (χ2v) is 11.9. The highest BCUT2D eigenvalue weighted by atomic mass is 14.2. The number of fused-ring (bicyclic) bond motifs is 2. The molecule has 0 unspecified atom stereocenters. The smallest absolute Gasteiger partial charge is 0.00135 e. The van der Waals surface area contributed by atoms with E-state index in [0.717, 1.165) is 25.2 Å². The van der Waals surface area contributed by atoms with Crippen LogP contribution in [0.1, 0.15) is 110 Å². The van der Waals surface area contributed by atoms with Gasteiger partial charge < -0.3 is 0 Å². The Morgan fingerprint density at radius 1 is 0.737 bits per heavy atom. The summed E-state index contributed by atoms with van der Waals surface area (Å²) in [5.41, 5.74) is 15.3. The van der Waals surface area contributed by atoms with E-state index in [9.17, 15) is 0 Å². The third kappa shape index (κ3) is 6.29. The number of allylic oxidation sites excluding steroid dienone is 3. The monoisotopic (exact) mass is 500 g/mol. The molecule has 0 atom stereocenters. The molecular formula is C38H44. The average molecular weight is 501 g/mol. The third-order valence-electron chi connectivity index (χ3n) is 8.39. The van der Waals surface area contributed by atoms with E-state index in [4.69, 9.17) is 0 Å². The lowest BCUT2D eigenvalue weighted by Crippen LogP contribution is -1.93. The Hall–Kier alpha value is -3.12. The van der Waals surface area contributed by atoms with Gasteiger partial charge in [-0.15, -0.1) is 0 Å². The molecule has 0 bridgehead atoms. The number of unbranched alkanes of at least 4 members (excludes halogenated alkanes) is 3. The van der Waals surface area contributed by atoms with E-state index >= 15 is 0 Å². The van der Waals surface area contributed by atoms with E-state index in [2.05, 4.69) is 100 Å². The molecule has 0 amide bonds. The van der Waals surface area contributed by atoms with Crippen molar-refractivity contribution < 1.29 is 0 Å². The second-order valence-electron chi connectivity index (χ2n) is 11.9. The van der Waals surface area contributed by atoms with E-state index in [1.165, 1.54) is 106 Å². The molecule has 0 N–H and O–H groups in total. The van der Waals surface area contributed by atoms with Crippen LogP contribution in [0.3, 0.4) is 0 Å². The highest BCUT2D eigenvalue weighted by Gasteiger charge is 2.17. The third-order valence-corrected chi connectivity index (χ3v) is 8.39. The molecule has 2 aliphatic rings. The second kappa shape index (κ2) is 12.2. The zero-order valence-corrected chi connectivity index (χ0v) is 23.8. The van der Waals surface area contributed by atoms with Crippen LogP contribution in [0.2, 0.25) is 0 Å². The van der Waals surface area contributed by atoms with E-state index in [0.29, 0.717) is 0 Å². The van der Waals surface area contributed by atoms with Crippen LogP contribution in [-0.2, 0) is 19.3 Å². The normalized spacial score (nSPS) is 13.9. The van der Waals surface area contributed by atoms with E-state index in [-0.39, 0.29) is 0 Å². The minimum Gasteiger partial charge on any atom is -0.0952 e. The number of rotatable bonds is 12. The molecule has 0 heterocycles. The van der Waals surface area contributed by atoms with E-state index < -0.39 is 0 Å². The molecule has 0 nitrogen and oxygen atoms in total.